The quantitative estimate of drug-likeness (QED) is 0.762. The fourth-order valence-electron chi connectivity index (χ4n) is 1.01. The molecule has 0 aromatic heterocycles. The Hall–Kier alpha value is -0.330. The second-order valence-electron chi connectivity index (χ2n) is 4.74. The van der Waals surface area contributed by atoms with Gasteiger partial charge in [-0.3, -0.25) is 4.79 Å². The minimum absolute atomic E-state index is 0. The number of nitrogens with two attached hydrogens (primary N) is 1. The van der Waals surface area contributed by atoms with Gasteiger partial charge in [-0.25, -0.2) is 8.42 Å². The van der Waals surface area contributed by atoms with E-state index in [2.05, 4.69) is 5.32 Å². The molecule has 0 saturated heterocycles. The van der Waals surface area contributed by atoms with Crippen LogP contribution in [0.3, 0.4) is 0 Å². The van der Waals surface area contributed by atoms with Crippen molar-refractivity contribution in [3.05, 3.63) is 0 Å². The summed E-state index contributed by atoms with van der Waals surface area (Å²) in [5.74, 6) is -0.364. The first kappa shape index (κ1) is 19.0. The van der Waals surface area contributed by atoms with E-state index in [9.17, 15) is 13.2 Å². The third-order valence-electron chi connectivity index (χ3n) is 3.12. The van der Waals surface area contributed by atoms with Gasteiger partial charge in [0.2, 0.25) is 5.91 Å². The van der Waals surface area contributed by atoms with Gasteiger partial charge in [-0.15, -0.1) is 12.4 Å². The van der Waals surface area contributed by atoms with Crippen LogP contribution in [0.1, 0.15) is 27.7 Å². The van der Waals surface area contributed by atoms with E-state index in [0.29, 0.717) is 0 Å². The maximum atomic E-state index is 11.7. The standard InChI is InChI=1S/C10H22N2O3S.ClH/c1-7(2)10(4,6-11)12-9(13)8(3)16(5,14)15;/h7-8H,6,11H2,1-5H3,(H,12,13);1H. The molecule has 0 fully saturated rings. The molecule has 3 N–H and O–H groups in total. The van der Waals surface area contributed by atoms with Crippen LogP contribution in [0.25, 0.3) is 0 Å². The van der Waals surface area contributed by atoms with Crippen LogP contribution in [0.5, 0.6) is 0 Å². The third kappa shape index (κ3) is 5.23. The summed E-state index contributed by atoms with van der Waals surface area (Å²) in [7, 11) is -3.36. The van der Waals surface area contributed by atoms with Crippen molar-refractivity contribution in [3.8, 4) is 0 Å². The van der Waals surface area contributed by atoms with E-state index in [4.69, 9.17) is 5.73 Å². The Morgan fingerprint density at radius 3 is 2.00 bits per heavy atom. The SMILES string of the molecule is CC(C)C(C)(CN)NC(=O)C(C)S(C)(=O)=O.Cl. The third-order valence-corrected chi connectivity index (χ3v) is 4.62. The zero-order valence-electron chi connectivity index (χ0n) is 11.0. The number of hydrogen-bond acceptors (Lipinski definition) is 4. The summed E-state index contributed by atoms with van der Waals surface area (Å²) in [4.78, 5) is 11.7. The van der Waals surface area contributed by atoms with Gasteiger partial charge < -0.3 is 11.1 Å². The van der Waals surface area contributed by atoms with Gasteiger partial charge >= 0.3 is 0 Å². The molecule has 0 rings (SSSR count). The van der Waals surface area contributed by atoms with E-state index in [0.717, 1.165) is 6.26 Å². The molecule has 2 atom stereocenters. The summed E-state index contributed by atoms with van der Waals surface area (Å²) in [6.45, 7) is 7.32. The highest BCUT2D eigenvalue weighted by molar-refractivity contribution is 7.92. The molecule has 104 valence electrons. The Morgan fingerprint density at radius 2 is 1.76 bits per heavy atom. The van der Waals surface area contributed by atoms with Crippen molar-refractivity contribution >= 4 is 28.2 Å². The summed E-state index contributed by atoms with van der Waals surface area (Å²) < 4.78 is 22.4. The molecule has 0 aromatic rings. The van der Waals surface area contributed by atoms with Crippen LogP contribution in [0, 0.1) is 5.92 Å². The van der Waals surface area contributed by atoms with Gasteiger partial charge in [-0.1, -0.05) is 13.8 Å². The first-order valence-electron chi connectivity index (χ1n) is 5.25. The van der Waals surface area contributed by atoms with Crippen molar-refractivity contribution in [2.45, 2.75) is 38.5 Å². The highest BCUT2D eigenvalue weighted by Crippen LogP contribution is 2.15. The predicted octanol–water partition coefficient (Wildman–Crippen LogP) is 0.331. The number of carbonyl (C=O) groups is 1. The van der Waals surface area contributed by atoms with E-state index in [1.165, 1.54) is 6.92 Å². The maximum absolute atomic E-state index is 11.7. The topological polar surface area (TPSA) is 89.3 Å². The molecule has 0 aliphatic heterocycles. The Kier molecular flexibility index (Phi) is 7.34. The number of nitrogens with one attached hydrogen (secondary N) is 1. The Balaban J connectivity index is 0. The zero-order valence-corrected chi connectivity index (χ0v) is 12.6. The van der Waals surface area contributed by atoms with Crippen LogP contribution in [-0.2, 0) is 14.6 Å². The largest absolute Gasteiger partial charge is 0.348 e. The number of carbonyl (C=O) groups excluding carboxylic acids is 1. The van der Waals surface area contributed by atoms with Gasteiger partial charge in [0.15, 0.2) is 9.84 Å². The van der Waals surface area contributed by atoms with Crippen molar-refractivity contribution in [1.82, 2.24) is 5.32 Å². The normalized spacial score (nSPS) is 16.9. The summed E-state index contributed by atoms with van der Waals surface area (Å²) in [6, 6.07) is 0. The smallest absolute Gasteiger partial charge is 0.238 e. The summed E-state index contributed by atoms with van der Waals surface area (Å²) >= 11 is 0. The highest BCUT2D eigenvalue weighted by Gasteiger charge is 2.32. The predicted molar refractivity (Wildman–Crippen MR) is 72.0 cm³/mol. The first-order valence-corrected chi connectivity index (χ1v) is 7.21. The monoisotopic (exact) mass is 286 g/mol. The van der Waals surface area contributed by atoms with Crippen LogP contribution >= 0.6 is 12.4 Å². The molecule has 0 heterocycles. The molecule has 0 aliphatic carbocycles. The average Bonchev–Trinajstić information content (AvgIpc) is 2.14. The van der Waals surface area contributed by atoms with Gasteiger partial charge in [0.25, 0.3) is 0 Å². The molecule has 17 heavy (non-hydrogen) atoms. The minimum atomic E-state index is -3.36. The molecule has 0 aliphatic rings. The van der Waals surface area contributed by atoms with E-state index < -0.39 is 26.5 Å². The summed E-state index contributed by atoms with van der Waals surface area (Å²) in [6.07, 6.45) is 1.05. The molecular weight excluding hydrogens is 264 g/mol. The minimum Gasteiger partial charge on any atom is -0.348 e. The van der Waals surface area contributed by atoms with Crippen LogP contribution < -0.4 is 11.1 Å². The molecule has 0 radical (unpaired) electrons. The van der Waals surface area contributed by atoms with Crippen molar-refractivity contribution in [2.24, 2.45) is 11.7 Å². The van der Waals surface area contributed by atoms with E-state index >= 15 is 0 Å². The highest BCUT2D eigenvalue weighted by atomic mass is 35.5. The Bertz CT molecular complexity index is 357. The van der Waals surface area contributed by atoms with Crippen LogP contribution in [-0.4, -0.2) is 37.9 Å². The van der Waals surface area contributed by atoms with Gasteiger partial charge in [0.05, 0.1) is 5.54 Å². The molecule has 1 amide bonds. The van der Waals surface area contributed by atoms with E-state index in [1.807, 2.05) is 20.8 Å². The number of halogens is 1. The molecule has 0 bridgehead atoms. The fraction of sp³-hybridized carbons (Fsp3) is 0.900. The van der Waals surface area contributed by atoms with Gasteiger partial charge in [-0.05, 0) is 19.8 Å². The number of rotatable bonds is 5. The molecule has 5 nitrogen and oxygen atoms in total. The van der Waals surface area contributed by atoms with Gasteiger partial charge in [-0.2, -0.15) is 0 Å². The maximum Gasteiger partial charge on any atom is 0.238 e. The molecule has 0 saturated carbocycles. The lowest BCUT2D eigenvalue weighted by atomic mass is 9.88. The van der Waals surface area contributed by atoms with E-state index in [-0.39, 0.29) is 24.9 Å². The number of amides is 1. The molecule has 0 aromatic carbocycles. The lowest BCUT2D eigenvalue weighted by molar-refractivity contribution is -0.122. The van der Waals surface area contributed by atoms with E-state index in [1.54, 1.807) is 0 Å². The molecule has 7 heteroatoms. The van der Waals surface area contributed by atoms with Gasteiger partial charge in [0, 0.05) is 12.8 Å². The second-order valence-corrected chi connectivity index (χ2v) is 7.10. The molecule has 2 unspecified atom stereocenters. The second kappa shape index (κ2) is 6.56. The Labute approximate surface area is 110 Å². The Morgan fingerprint density at radius 1 is 1.35 bits per heavy atom. The molecular formula is C10H23ClN2O3S. The first-order chi connectivity index (χ1) is 7.04. The summed E-state index contributed by atoms with van der Waals surface area (Å²) in [5, 5.41) is 1.66. The number of hydrogen-bond donors (Lipinski definition) is 2. The number of sulfone groups is 1. The van der Waals surface area contributed by atoms with Crippen molar-refractivity contribution in [2.75, 3.05) is 12.8 Å². The van der Waals surface area contributed by atoms with Crippen LogP contribution in [0.15, 0.2) is 0 Å². The van der Waals surface area contributed by atoms with Crippen LogP contribution in [0.4, 0.5) is 0 Å². The van der Waals surface area contributed by atoms with Crippen LogP contribution in [0.2, 0.25) is 0 Å². The van der Waals surface area contributed by atoms with Crippen molar-refractivity contribution < 1.29 is 13.2 Å². The van der Waals surface area contributed by atoms with Crippen molar-refractivity contribution in [1.29, 1.82) is 0 Å². The van der Waals surface area contributed by atoms with Crippen molar-refractivity contribution in [3.63, 3.8) is 0 Å². The lowest BCUT2D eigenvalue weighted by Gasteiger charge is -2.34. The average molecular weight is 287 g/mol. The van der Waals surface area contributed by atoms with Gasteiger partial charge in [0.1, 0.15) is 5.25 Å². The lowest BCUT2D eigenvalue weighted by Crippen LogP contribution is -2.57. The fourth-order valence-corrected chi connectivity index (χ4v) is 1.46. The zero-order chi connectivity index (χ0) is 13.1. The molecule has 0 spiro atoms. The summed E-state index contributed by atoms with van der Waals surface area (Å²) in [5.41, 5.74) is 5.03.